The highest BCUT2D eigenvalue weighted by molar-refractivity contribution is 7.67. The summed E-state index contributed by atoms with van der Waals surface area (Å²) in [7, 11) is -2.13. The maximum atomic E-state index is 12.6. The number of nitrogens with zero attached hydrogens (tertiary/aromatic N) is 1. The summed E-state index contributed by atoms with van der Waals surface area (Å²) < 4.78 is 66.4. The molecule has 0 saturated heterocycles. The summed E-state index contributed by atoms with van der Waals surface area (Å²) in [5, 5.41) is 2.57. The van der Waals surface area contributed by atoms with Crippen LogP contribution >= 0.6 is 0 Å². The summed E-state index contributed by atoms with van der Waals surface area (Å²) >= 11 is 0. The molecule has 9 heteroatoms. The van der Waals surface area contributed by atoms with Crippen LogP contribution < -0.4 is 4.74 Å². The first kappa shape index (κ1) is 14.3. The van der Waals surface area contributed by atoms with Gasteiger partial charge in [0.2, 0.25) is 0 Å². The summed E-state index contributed by atoms with van der Waals surface area (Å²) in [5.41, 5.74) is -1.77. The highest BCUT2D eigenvalue weighted by atomic mass is 32.2. The van der Waals surface area contributed by atoms with Crippen LogP contribution in [0.25, 0.3) is 0 Å². The summed E-state index contributed by atoms with van der Waals surface area (Å²) in [6.07, 6.45) is -4.83. The fraction of sp³-hybridized carbons (Fsp3) is 0.222. The zero-order valence-electron chi connectivity index (χ0n) is 8.97. The third kappa shape index (κ3) is 3.91. The van der Waals surface area contributed by atoms with Crippen LogP contribution in [0.2, 0.25) is 0 Å². The second-order valence-corrected chi connectivity index (χ2v) is 3.58. The summed E-state index contributed by atoms with van der Waals surface area (Å²) in [4.78, 5) is 0. The Labute approximate surface area is 102 Å². The Kier molecular flexibility index (Phi) is 4.54. The molecule has 0 saturated carbocycles. The molecule has 0 aliphatic carbocycles. The number of methoxy groups -OCH3 is 1. The lowest BCUT2D eigenvalue weighted by molar-refractivity contribution is -0.0596. The average molecular weight is 283 g/mol. The van der Waals surface area contributed by atoms with E-state index in [0.717, 1.165) is 12.1 Å². The molecule has 0 N–H and O–H groups in total. The molecule has 5 nitrogen and oxygen atoms in total. The van der Waals surface area contributed by atoms with Crippen LogP contribution in [-0.2, 0) is 15.3 Å². The molecule has 0 heterocycles. The number of alkyl halides is 3. The quantitative estimate of drug-likeness (QED) is 0.517. The molecular weight excluding hydrogens is 275 g/mol. The van der Waals surface area contributed by atoms with Crippen molar-refractivity contribution < 1.29 is 30.6 Å². The molecule has 0 atom stereocenters. The fourth-order valence-corrected chi connectivity index (χ4v) is 1.24. The van der Waals surface area contributed by atoms with Gasteiger partial charge in [-0.1, -0.05) is 5.16 Å². The molecular formula is C9H8F3NO4S. The van der Waals surface area contributed by atoms with Gasteiger partial charge in [0, 0.05) is 5.56 Å². The van der Waals surface area contributed by atoms with Gasteiger partial charge in [0.05, 0.1) is 7.11 Å². The molecule has 0 bridgehead atoms. The molecule has 0 fully saturated rings. The van der Waals surface area contributed by atoms with Crippen molar-refractivity contribution >= 4 is 16.7 Å². The van der Waals surface area contributed by atoms with Gasteiger partial charge in [-0.2, -0.15) is 21.6 Å². The number of rotatable bonds is 4. The Hall–Kier alpha value is -1.77. The molecule has 0 spiro atoms. The van der Waals surface area contributed by atoms with E-state index in [2.05, 4.69) is 9.44 Å². The lowest BCUT2D eigenvalue weighted by Crippen LogP contribution is -2.24. The predicted octanol–water partition coefficient (Wildman–Crippen LogP) is 1.50. The standard InChI is InChI=1S/C9H8F3NO4S/c1-16-7-4-2-6(3-5-7)8(9(10,11)12)13-17-18(14)15/h2-5,18H,1H3/b13-8-. The largest absolute Gasteiger partial charge is 0.497 e. The molecule has 0 aliphatic rings. The van der Waals surface area contributed by atoms with E-state index in [1.807, 2.05) is 0 Å². The number of oxime groups is 1. The number of halogens is 3. The van der Waals surface area contributed by atoms with E-state index in [-0.39, 0.29) is 5.56 Å². The normalized spacial score (nSPS) is 12.6. The van der Waals surface area contributed by atoms with Crippen LogP contribution in [0.5, 0.6) is 5.75 Å². The van der Waals surface area contributed by atoms with Crippen molar-refractivity contribution in [3.8, 4) is 5.75 Å². The molecule has 0 unspecified atom stereocenters. The van der Waals surface area contributed by atoms with Gasteiger partial charge in [-0.15, -0.1) is 0 Å². The van der Waals surface area contributed by atoms with Crippen molar-refractivity contribution in [2.75, 3.05) is 7.11 Å². The topological polar surface area (TPSA) is 65.0 Å². The van der Waals surface area contributed by atoms with Gasteiger partial charge in [-0.05, 0) is 24.3 Å². The van der Waals surface area contributed by atoms with Crippen LogP contribution in [0.1, 0.15) is 5.56 Å². The average Bonchev–Trinajstić information content (AvgIpc) is 2.28. The lowest BCUT2D eigenvalue weighted by Gasteiger charge is -2.09. The van der Waals surface area contributed by atoms with Gasteiger partial charge >= 0.3 is 17.2 Å². The summed E-state index contributed by atoms with van der Waals surface area (Å²) in [5.74, 6) is 0.357. The van der Waals surface area contributed by atoms with Gasteiger partial charge < -0.3 is 4.74 Å². The minimum Gasteiger partial charge on any atom is -0.497 e. The molecule has 18 heavy (non-hydrogen) atoms. The second-order valence-electron chi connectivity index (χ2n) is 2.97. The van der Waals surface area contributed by atoms with E-state index in [4.69, 9.17) is 4.74 Å². The molecule has 0 aliphatic heterocycles. The van der Waals surface area contributed by atoms with Gasteiger partial charge in [0.1, 0.15) is 5.75 Å². The Morgan fingerprint density at radius 1 is 1.22 bits per heavy atom. The van der Waals surface area contributed by atoms with Crippen molar-refractivity contribution in [3.05, 3.63) is 29.8 Å². The molecule has 0 aromatic heterocycles. The van der Waals surface area contributed by atoms with Crippen LogP contribution in [-0.4, -0.2) is 27.4 Å². The maximum Gasteiger partial charge on any atom is 0.437 e. The molecule has 0 amide bonds. The van der Waals surface area contributed by atoms with Crippen molar-refractivity contribution in [1.82, 2.24) is 0 Å². The van der Waals surface area contributed by atoms with Crippen molar-refractivity contribution in [2.24, 2.45) is 5.16 Å². The second kappa shape index (κ2) is 5.71. The Morgan fingerprint density at radius 3 is 2.17 bits per heavy atom. The SMILES string of the molecule is COc1ccc(/C(=N/O[SH](=O)=O)C(F)(F)F)cc1. The third-order valence-corrected chi connectivity index (χ3v) is 2.05. The number of thiol groups is 1. The first-order valence-electron chi connectivity index (χ1n) is 4.45. The van der Waals surface area contributed by atoms with Gasteiger partial charge in [0.25, 0.3) is 0 Å². The Bertz CT molecular complexity index is 500. The monoisotopic (exact) mass is 283 g/mol. The van der Waals surface area contributed by atoms with Crippen LogP contribution in [0.15, 0.2) is 29.4 Å². The molecule has 1 aromatic rings. The highest BCUT2D eigenvalue weighted by Crippen LogP contribution is 2.24. The van der Waals surface area contributed by atoms with Crippen molar-refractivity contribution in [2.45, 2.75) is 6.18 Å². The predicted molar refractivity (Wildman–Crippen MR) is 57.0 cm³/mol. The minimum atomic E-state index is -4.83. The van der Waals surface area contributed by atoms with Crippen LogP contribution in [0.4, 0.5) is 13.2 Å². The van der Waals surface area contributed by atoms with E-state index < -0.39 is 22.9 Å². The minimum absolute atomic E-state index is 0.333. The van der Waals surface area contributed by atoms with E-state index in [0.29, 0.717) is 5.75 Å². The molecule has 1 aromatic carbocycles. The van der Waals surface area contributed by atoms with Crippen molar-refractivity contribution in [3.63, 3.8) is 0 Å². The van der Waals surface area contributed by atoms with E-state index in [1.165, 1.54) is 19.2 Å². The van der Waals surface area contributed by atoms with E-state index in [1.54, 1.807) is 0 Å². The van der Waals surface area contributed by atoms with Crippen LogP contribution in [0.3, 0.4) is 0 Å². The smallest absolute Gasteiger partial charge is 0.437 e. The van der Waals surface area contributed by atoms with Crippen LogP contribution in [0, 0.1) is 0 Å². The lowest BCUT2D eigenvalue weighted by atomic mass is 10.1. The molecule has 100 valence electrons. The number of hydrogen-bond donors (Lipinski definition) is 1. The van der Waals surface area contributed by atoms with E-state index >= 15 is 0 Å². The summed E-state index contributed by atoms with van der Waals surface area (Å²) in [6.45, 7) is 0. The maximum absolute atomic E-state index is 12.6. The van der Waals surface area contributed by atoms with Gasteiger partial charge in [-0.3, -0.25) is 4.28 Å². The fourth-order valence-electron chi connectivity index (χ4n) is 1.09. The number of hydrogen-bond acceptors (Lipinski definition) is 5. The highest BCUT2D eigenvalue weighted by Gasteiger charge is 2.38. The molecule has 1 rings (SSSR count). The third-order valence-electron chi connectivity index (χ3n) is 1.83. The van der Waals surface area contributed by atoms with Crippen molar-refractivity contribution in [1.29, 1.82) is 0 Å². The summed E-state index contributed by atoms with van der Waals surface area (Å²) in [6, 6.07) is 4.75. The van der Waals surface area contributed by atoms with E-state index in [9.17, 15) is 21.6 Å². The number of benzene rings is 1. The first-order valence-corrected chi connectivity index (χ1v) is 5.55. The number of ether oxygens (including phenoxy) is 1. The molecule has 0 radical (unpaired) electrons. The zero-order chi connectivity index (χ0) is 13.8. The first-order chi connectivity index (χ1) is 8.34. The van der Waals surface area contributed by atoms with Gasteiger partial charge in [0.15, 0.2) is 5.71 Å². The zero-order valence-corrected chi connectivity index (χ0v) is 9.87. The Balaban J connectivity index is 3.13. The Morgan fingerprint density at radius 2 is 1.78 bits per heavy atom. The van der Waals surface area contributed by atoms with Gasteiger partial charge in [-0.25, -0.2) is 0 Å².